The summed E-state index contributed by atoms with van der Waals surface area (Å²) < 4.78 is 15.0. The highest BCUT2D eigenvalue weighted by molar-refractivity contribution is 5.93. The predicted molar refractivity (Wildman–Crippen MR) is 76.2 cm³/mol. The van der Waals surface area contributed by atoms with Crippen molar-refractivity contribution < 1.29 is 9.18 Å². The average molecular weight is 276 g/mol. The zero-order valence-corrected chi connectivity index (χ0v) is 11.7. The molecule has 0 saturated heterocycles. The molecule has 2 N–H and O–H groups in total. The summed E-state index contributed by atoms with van der Waals surface area (Å²) in [5.41, 5.74) is 1.98. The van der Waals surface area contributed by atoms with Crippen LogP contribution in [-0.2, 0) is 11.8 Å². The number of halogens is 1. The van der Waals surface area contributed by atoms with Gasteiger partial charge >= 0.3 is 0 Å². The number of anilines is 2. The second-order valence-corrected chi connectivity index (χ2v) is 4.66. The zero-order valence-electron chi connectivity index (χ0n) is 11.7. The molecule has 1 aromatic carbocycles. The summed E-state index contributed by atoms with van der Waals surface area (Å²) in [5, 5.41) is 9.75. The Balaban J connectivity index is 1.92. The van der Waals surface area contributed by atoms with E-state index in [0.717, 1.165) is 5.69 Å². The van der Waals surface area contributed by atoms with E-state index in [2.05, 4.69) is 15.7 Å². The van der Waals surface area contributed by atoms with Crippen molar-refractivity contribution in [1.82, 2.24) is 9.78 Å². The number of hydrogen-bond acceptors (Lipinski definition) is 3. The molecule has 1 heterocycles. The third kappa shape index (κ3) is 3.34. The quantitative estimate of drug-likeness (QED) is 0.900. The largest absolute Gasteiger partial charge is 0.376 e. The maximum Gasteiger partial charge on any atom is 0.244 e. The Morgan fingerprint density at radius 2 is 2.10 bits per heavy atom. The molecule has 0 saturated carbocycles. The van der Waals surface area contributed by atoms with Crippen LogP contribution >= 0.6 is 0 Å². The Morgan fingerprint density at radius 3 is 2.70 bits per heavy atom. The Morgan fingerprint density at radius 1 is 1.35 bits per heavy atom. The molecule has 5 nitrogen and oxygen atoms in total. The summed E-state index contributed by atoms with van der Waals surface area (Å²) in [6.45, 7) is 3.60. The minimum absolute atomic E-state index is 0.0622. The molecule has 6 heteroatoms. The lowest BCUT2D eigenvalue weighted by molar-refractivity contribution is -0.114. The lowest BCUT2D eigenvalue weighted by Crippen LogP contribution is -2.23. The Kier molecular flexibility index (Phi) is 4.02. The van der Waals surface area contributed by atoms with Crippen molar-refractivity contribution in [3.8, 4) is 0 Å². The number of carbonyl (C=O) groups is 1. The Bertz CT molecular complexity index is 636. The molecular formula is C14H17FN4O. The van der Waals surface area contributed by atoms with Crippen molar-refractivity contribution in [3.63, 3.8) is 0 Å². The third-order valence-corrected chi connectivity index (χ3v) is 2.89. The molecule has 0 spiro atoms. The van der Waals surface area contributed by atoms with Crippen molar-refractivity contribution >= 4 is 17.4 Å². The number of nitrogens with zero attached hydrogens (tertiary/aromatic N) is 2. The fraction of sp³-hybridized carbons (Fsp3) is 0.286. The van der Waals surface area contributed by atoms with E-state index < -0.39 is 0 Å². The summed E-state index contributed by atoms with van der Waals surface area (Å²) >= 11 is 0. The fourth-order valence-corrected chi connectivity index (χ4v) is 1.80. The normalized spacial score (nSPS) is 10.4. The minimum Gasteiger partial charge on any atom is -0.376 e. The molecule has 20 heavy (non-hydrogen) atoms. The lowest BCUT2D eigenvalue weighted by atomic mass is 10.2. The van der Waals surface area contributed by atoms with E-state index in [1.807, 2.05) is 6.92 Å². The molecule has 1 aromatic heterocycles. The van der Waals surface area contributed by atoms with E-state index in [1.54, 1.807) is 36.9 Å². The van der Waals surface area contributed by atoms with E-state index in [1.165, 1.54) is 6.07 Å². The lowest BCUT2D eigenvalue weighted by Gasteiger charge is -2.08. The van der Waals surface area contributed by atoms with Gasteiger partial charge < -0.3 is 10.6 Å². The van der Waals surface area contributed by atoms with Gasteiger partial charge in [0.1, 0.15) is 11.6 Å². The van der Waals surface area contributed by atoms with Crippen molar-refractivity contribution in [2.24, 2.45) is 7.05 Å². The van der Waals surface area contributed by atoms with Gasteiger partial charge in [-0.2, -0.15) is 5.10 Å². The number of benzene rings is 1. The number of aromatic nitrogens is 2. The van der Waals surface area contributed by atoms with Crippen LogP contribution in [0, 0.1) is 19.7 Å². The summed E-state index contributed by atoms with van der Waals surface area (Å²) in [6, 6.07) is 6.56. The topological polar surface area (TPSA) is 59.0 Å². The van der Waals surface area contributed by atoms with Crippen LogP contribution in [0.5, 0.6) is 0 Å². The Hall–Kier alpha value is -2.37. The molecule has 0 bridgehead atoms. The maximum atomic E-state index is 13.4. The van der Waals surface area contributed by atoms with E-state index in [0.29, 0.717) is 17.1 Å². The number of nitrogens with one attached hydrogen (secondary N) is 2. The number of carbonyl (C=O) groups excluding carboxylic acids is 1. The van der Waals surface area contributed by atoms with Crippen molar-refractivity contribution in [1.29, 1.82) is 0 Å². The van der Waals surface area contributed by atoms with Gasteiger partial charge in [0.05, 0.1) is 12.2 Å². The van der Waals surface area contributed by atoms with Crippen LogP contribution in [0.3, 0.4) is 0 Å². The van der Waals surface area contributed by atoms with Gasteiger partial charge in [0, 0.05) is 18.8 Å². The molecule has 0 aliphatic carbocycles. The van der Waals surface area contributed by atoms with Gasteiger partial charge in [0.25, 0.3) is 0 Å². The first kappa shape index (κ1) is 14.0. The van der Waals surface area contributed by atoms with Gasteiger partial charge in [-0.05, 0) is 31.5 Å². The molecule has 0 radical (unpaired) electrons. The summed E-state index contributed by atoms with van der Waals surface area (Å²) in [4.78, 5) is 11.8. The van der Waals surface area contributed by atoms with E-state index in [4.69, 9.17) is 0 Å². The highest BCUT2D eigenvalue weighted by atomic mass is 19.1. The first-order valence-electron chi connectivity index (χ1n) is 6.26. The second kappa shape index (κ2) is 5.73. The van der Waals surface area contributed by atoms with Crippen LogP contribution in [-0.4, -0.2) is 22.2 Å². The van der Waals surface area contributed by atoms with Crippen LogP contribution in [0.4, 0.5) is 15.9 Å². The number of amides is 1. The highest BCUT2D eigenvalue weighted by Gasteiger charge is 2.07. The van der Waals surface area contributed by atoms with E-state index in [-0.39, 0.29) is 18.3 Å². The molecule has 0 unspecified atom stereocenters. The van der Waals surface area contributed by atoms with Gasteiger partial charge in [-0.1, -0.05) is 6.07 Å². The summed E-state index contributed by atoms with van der Waals surface area (Å²) in [6.07, 6.45) is 0. The molecular weight excluding hydrogens is 259 g/mol. The van der Waals surface area contributed by atoms with Gasteiger partial charge in [-0.15, -0.1) is 0 Å². The SMILES string of the molecule is Cc1cc(NC(=O)CNc2ccc(C)c(F)c2)n(C)n1. The van der Waals surface area contributed by atoms with Crippen molar-refractivity contribution in [3.05, 3.63) is 41.3 Å². The summed E-state index contributed by atoms with van der Waals surface area (Å²) in [7, 11) is 1.76. The molecule has 0 aliphatic heterocycles. The number of rotatable bonds is 4. The molecule has 0 aliphatic rings. The van der Waals surface area contributed by atoms with E-state index >= 15 is 0 Å². The van der Waals surface area contributed by atoms with Crippen molar-refractivity contribution in [2.75, 3.05) is 17.2 Å². The van der Waals surface area contributed by atoms with Crippen LogP contribution in [0.15, 0.2) is 24.3 Å². The van der Waals surface area contributed by atoms with Gasteiger partial charge in [-0.25, -0.2) is 4.39 Å². The molecule has 2 rings (SSSR count). The first-order valence-corrected chi connectivity index (χ1v) is 6.26. The molecule has 0 atom stereocenters. The molecule has 0 fully saturated rings. The first-order chi connectivity index (χ1) is 9.45. The van der Waals surface area contributed by atoms with E-state index in [9.17, 15) is 9.18 Å². The van der Waals surface area contributed by atoms with Crippen LogP contribution in [0.2, 0.25) is 0 Å². The highest BCUT2D eigenvalue weighted by Crippen LogP contribution is 2.13. The smallest absolute Gasteiger partial charge is 0.244 e. The van der Waals surface area contributed by atoms with Crippen molar-refractivity contribution in [2.45, 2.75) is 13.8 Å². The van der Waals surface area contributed by atoms with Gasteiger partial charge in [0.2, 0.25) is 5.91 Å². The average Bonchev–Trinajstić information content (AvgIpc) is 2.69. The zero-order chi connectivity index (χ0) is 14.7. The van der Waals surface area contributed by atoms with Crippen LogP contribution in [0.25, 0.3) is 0 Å². The second-order valence-electron chi connectivity index (χ2n) is 4.66. The van der Waals surface area contributed by atoms with Gasteiger partial charge in [0.15, 0.2) is 0 Å². The minimum atomic E-state index is -0.294. The fourth-order valence-electron chi connectivity index (χ4n) is 1.80. The predicted octanol–water partition coefficient (Wildman–Crippen LogP) is 2.23. The standard InChI is InChI=1S/C14H17FN4O/c1-9-4-5-11(7-12(9)15)16-8-14(20)17-13-6-10(2)18-19(13)3/h4-7,16H,8H2,1-3H3,(H,17,20). The van der Waals surface area contributed by atoms with Crippen LogP contribution < -0.4 is 10.6 Å². The maximum absolute atomic E-state index is 13.4. The molecule has 106 valence electrons. The Labute approximate surface area is 116 Å². The van der Waals surface area contributed by atoms with Crippen LogP contribution in [0.1, 0.15) is 11.3 Å². The van der Waals surface area contributed by atoms with Gasteiger partial charge in [-0.3, -0.25) is 9.48 Å². The molecule has 1 amide bonds. The number of aryl methyl sites for hydroxylation is 3. The monoisotopic (exact) mass is 276 g/mol. The summed E-state index contributed by atoms with van der Waals surface area (Å²) in [5.74, 6) is 0.121. The molecule has 2 aromatic rings. The third-order valence-electron chi connectivity index (χ3n) is 2.89. The number of hydrogen-bond donors (Lipinski definition) is 2.